The summed E-state index contributed by atoms with van der Waals surface area (Å²) < 4.78 is 13.1. The topological polar surface area (TPSA) is 84.2 Å². The Morgan fingerprint density at radius 3 is 2.73 bits per heavy atom. The summed E-state index contributed by atoms with van der Waals surface area (Å²) in [6.07, 6.45) is -0.00154. The minimum absolute atomic E-state index is 0.00154. The quantitative estimate of drug-likeness (QED) is 0.779. The molecule has 0 spiro atoms. The predicted octanol–water partition coefficient (Wildman–Crippen LogP) is 3.28. The molecule has 0 radical (unpaired) electrons. The summed E-state index contributed by atoms with van der Waals surface area (Å²) in [7, 11) is 0. The highest BCUT2D eigenvalue weighted by Gasteiger charge is 2.18. The van der Waals surface area contributed by atoms with Gasteiger partial charge >= 0.3 is 6.03 Å². The van der Waals surface area contributed by atoms with E-state index in [1.54, 1.807) is 6.07 Å². The molecule has 0 saturated heterocycles. The molecule has 0 aliphatic carbocycles. The van der Waals surface area contributed by atoms with Crippen LogP contribution in [0, 0.1) is 5.82 Å². The maximum atomic E-state index is 13.1. The van der Waals surface area contributed by atoms with Crippen LogP contribution in [-0.2, 0) is 4.79 Å². The highest BCUT2D eigenvalue weighted by atomic mass is 35.5. The van der Waals surface area contributed by atoms with Gasteiger partial charge in [-0.2, -0.15) is 0 Å². The zero-order chi connectivity index (χ0) is 16.1. The number of thiophene rings is 1. The zero-order valence-electron chi connectivity index (χ0n) is 11.3. The molecule has 1 unspecified atom stereocenters. The molecule has 0 bridgehead atoms. The van der Waals surface area contributed by atoms with Crippen molar-refractivity contribution in [2.45, 2.75) is 12.5 Å². The van der Waals surface area contributed by atoms with Gasteiger partial charge in [-0.15, -0.1) is 11.3 Å². The van der Waals surface area contributed by atoms with E-state index in [-0.39, 0.29) is 17.4 Å². The van der Waals surface area contributed by atoms with Gasteiger partial charge in [0.15, 0.2) is 0 Å². The van der Waals surface area contributed by atoms with Gasteiger partial charge in [-0.1, -0.05) is 17.7 Å². The number of hydrogen-bond donors (Lipinski definition) is 3. The van der Waals surface area contributed by atoms with Gasteiger partial charge in [0.1, 0.15) is 5.82 Å². The minimum atomic E-state index is -0.712. The van der Waals surface area contributed by atoms with Crippen molar-refractivity contribution in [2.75, 3.05) is 5.32 Å². The molecular formula is C14H13ClFN3O2S. The number of benzene rings is 1. The molecule has 3 amide bonds. The molecule has 22 heavy (non-hydrogen) atoms. The fraction of sp³-hybridized carbons (Fsp3) is 0.143. The number of carbonyl (C=O) groups is 2. The lowest BCUT2D eigenvalue weighted by atomic mass is 10.1. The fourth-order valence-electron chi connectivity index (χ4n) is 1.86. The predicted molar refractivity (Wildman–Crippen MR) is 84.4 cm³/mol. The second-order valence-corrected chi connectivity index (χ2v) is 5.84. The third kappa shape index (κ3) is 4.44. The number of carbonyl (C=O) groups excluding carboxylic acids is 2. The van der Waals surface area contributed by atoms with Gasteiger partial charge in [0.05, 0.1) is 17.5 Å². The van der Waals surface area contributed by atoms with Crippen LogP contribution < -0.4 is 16.4 Å². The molecule has 1 aromatic carbocycles. The van der Waals surface area contributed by atoms with Crippen LogP contribution in [0.2, 0.25) is 5.02 Å². The summed E-state index contributed by atoms with van der Waals surface area (Å²) in [6, 6.07) is 6.26. The van der Waals surface area contributed by atoms with Crippen LogP contribution in [0.25, 0.3) is 0 Å². The number of rotatable bonds is 5. The number of anilines is 1. The lowest BCUT2D eigenvalue weighted by molar-refractivity contribution is -0.116. The Bertz CT molecular complexity index is 679. The SMILES string of the molecule is NC(=O)NC(CC(=O)Nc1ccc(F)c(Cl)c1)c1cccs1. The lowest BCUT2D eigenvalue weighted by Crippen LogP contribution is -2.34. The first-order valence-electron chi connectivity index (χ1n) is 6.30. The van der Waals surface area contributed by atoms with Crippen LogP contribution in [0.1, 0.15) is 17.3 Å². The van der Waals surface area contributed by atoms with Crippen molar-refractivity contribution in [3.05, 3.63) is 51.4 Å². The van der Waals surface area contributed by atoms with E-state index >= 15 is 0 Å². The van der Waals surface area contributed by atoms with E-state index < -0.39 is 17.9 Å². The fourth-order valence-corrected chi connectivity index (χ4v) is 2.81. The van der Waals surface area contributed by atoms with Gasteiger partial charge in [-0.05, 0) is 29.6 Å². The van der Waals surface area contributed by atoms with Crippen LogP contribution in [0.4, 0.5) is 14.9 Å². The molecule has 2 rings (SSSR count). The van der Waals surface area contributed by atoms with Crippen LogP contribution >= 0.6 is 22.9 Å². The van der Waals surface area contributed by atoms with Crippen LogP contribution in [-0.4, -0.2) is 11.9 Å². The van der Waals surface area contributed by atoms with E-state index in [9.17, 15) is 14.0 Å². The van der Waals surface area contributed by atoms with Crippen LogP contribution in [0.3, 0.4) is 0 Å². The first-order valence-corrected chi connectivity index (χ1v) is 7.55. The lowest BCUT2D eigenvalue weighted by Gasteiger charge is -2.16. The van der Waals surface area contributed by atoms with Crippen molar-refractivity contribution in [1.29, 1.82) is 0 Å². The summed E-state index contributed by atoms with van der Waals surface area (Å²) in [5.41, 5.74) is 5.50. The van der Waals surface area contributed by atoms with Crippen molar-refractivity contribution >= 4 is 40.6 Å². The van der Waals surface area contributed by atoms with Gasteiger partial charge in [0.2, 0.25) is 5.91 Å². The number of nitrogens with one attached hydrogen (secondary N) is 2. The Hall–Kier alpha value is -2.12. The zero-order valence-corrected chi connectivity index (χ0v) is 12.9. The summed E-state index contributed by atoms with van der Waals surface area (Å²) in [5, 5.41) is 6.88. The maximum absolute atomic E-state index is 13.1. The number of primary amides is 1. The molecule has 116 valence electrons. The van der Waals surface area contributed by atoms with Gasteiger partial charge in [0, 0.05) is 10.6 Å². The molecule has 5 nitrogen and oxygen atoms in total. The average molecular weight is 342 g/mol. The second-order valence-electron chi connectivity index (χ2n) is 4.46. The summed E-state index contributed by atoms with van der Waals surface area (Å²) >= 11 is 7.06. The molecule has 2 aromatic rings. The normalized spacial score (nSPS) is 11.7. The molecule has 0 fully saturated rings. The standard InChI is InChI=1S/C14H13ClFN3O2S/c15-9-6-8(3-4-10(9)16)18-13(20)7-11(19-14(17)21)12-2-1-5-22-12/h1-6,11H,7H2,(H,18,20)(H3,17,19,21). The minimum Gasteiger partial charge on any atom is -0.352 e. The third-order valence-electron chi connectivity index (χ3n) is 2.80. The molecule has 1 heterocycles. The summed E-state index contributed by atoms with van der Waals surface area (Å²) in [5.74, 6) is -0.915. The van der Waals surface area contributed by atoms with Gasteiger partial charge in [-0.3, -0.25) is 4.79 Å². The van der Waals surface area contributed by atoms with Gasteiger partial charge in [0.25, 0.3) is 0 Å². The molecule has 8 heteroatoms. The largest absolute Gasteiger partial charge is 0.352 e. The smallest absolute Gasteiger partial charge is 0.312 e. The Morgan fingerprint density at radius 2 is 2.14 bits per heavy atom. The molecule has 4 N–H and O–H groups in total. The Morgan fingerprint density at radius 1 is 1.36 bits per heavy atom. The van der Waals surface area contributed by atoms with Crippen molar-refractivity contribution in [3.63, 3.8) is 0 Å². The molecule has 1 atom stereocenters. The molecule has 0 aliphatic heterocycles. The number of halogens is 2. The molecule has 0 saturated carbocycles. The summed E-state index contributed by atoms with van der Waals surface area (Å²) in [4.78, 5) is 23.9. The van der Waals surface area contributed by atoms with Crippen LogP contribution in [0.15, 0.2) is 35.7 Å². The summed E-state index contributed by atoms with van der Waals surface area (Å²) in [6.45, 7) is 0. The van der Waals surface area contributed by atoms with Crippen molar-refractivity contribution in [1.82, 2.24) is 5.32 Å². The first-order chi connectivity index (χ1) is 10.5. The average Bonchev–Trinajstić information content (AvgIpc) is 2.95. The highest BCUT2D eigenvalue weighted by Crippen LogP contribution is 2.23. The first kappa shape index (κ1) is 16.3. The monoisotopic (exact) mass is 341 g/mol. The van der Waals surface area contributed by atoms with E-state index in [1.807, 2.05) is 11.4 Å². The van der Waals surface area contributed by atoms with Crippen molar-refractivity contribution in [3.8, 4) is 0 Å². The second kappa shape index (κ2) is 7.24. The van der Waals surface area contributed by atoms with E-state index in [2.05, 4.69) is 10.6 Å². The van der Waals surface area contributed by atoms with E-state index in [0.29, 0.717) is 5.69 Å². The van der Waals surface area contributed by atoms with E-state index in [0.717, 1.165) is 10.9 Å². The van der Waals surface area contributed by atoms with E-state index in [1.165, 1.54) is 23.5 Å². The van der Waals surface area contributed by atoms with Gasteiger partial charge < -0.3 is 16.4 Å². The Kier molecular flexibility index (Phi) is 5.35. The third-order valence-corrected chi connectivity index (χ3v) is 4.07. The number of hydrogen-bond acceptors (Lipinski definition) is 3. The number of amides is 3. The van der Waals surface area contributed by atoms with Crippen molar-refractivity contribution in [2.24, 2.45) is 5.73 Å². The Balaban J connectivity index is 2.04. The molecular weight excluding hydrogens is 329 g/mol. The van der Waals surface area contributed by atoms with Gasteiger partial charge in [-0.25, -0.2) is 9.18 Å². The van der Waals surface area contributed by atoms with Crippen molar-refractivity contribution < 1.29 is 14.0 Å². The number of nitrogens with two attached hydrogens (primary N) is 1. The van der Waals surface area contributed by atoms with E-state index in [4.69, 9.17) is 17.3 Å². The van der Waals surface area contributed by atoms with Crippen LogP contribution in [0.5, 0.6) is 0 Å². The number of urea groups is 1. The molecule has 0 aliphatic rings. The maximum Gasteiger partial charge on any atom is 0.312 e. The molecule has 1 aromatic heterocycles. The highest BCUT2D eigenvalue weighted by molar-refractivity contribution is 7.10. The Labute approximate surface area is 135 Å².